The zero-order valence-electron chi connectivity index (χ0n) is 19.8. The van der Waals surface area contributed by atoms with E-state index in [1.54, 1.807) is 13.8 Å². The third-order valence-electron chi connectivity index (χ3n) is 4.99. The maximum Gasteiger partial charge on any atom is 0.332 e. The number of amides is 1. The van der Waals surface area contributed by atoms with Gasteiger partial charge < -0.3 is 14.8 Å². The molecule has 0 aliphatic carbocycles. The fourth-order valence-corrected chi connectivity index (χ4v) is 3.36. The fourth-order valence-electron chi connectivity index (χ4n) is 3.36. The van der Waals surface area contributed by atoms with E-state index in [0.717, 1.165) is 4.57 Å². The summed E-state index contributed by atoms with van der Waals surface area (Å²) in [6.07, 6.45) is 1.90. The van der Waals surface area contributed by atoms with Gasteiger partial charge in [-0.25, -0.2) is 14.6 Å². The van der Waals surface area contributed by atoms with Gasteiger partial charge in [0.1, 0.15) is 11.7 Å². The molecule has 0 aliphatic heterocycles. The number of carbonyl (C=O) groups is 2. The van der Waals surface area contributed by atoms with Crippen LogP contribution in [0.3, 0.4) is 0 Å². The minimum Gasteiger partial charge on any atom is -0.464 e. The lowest BCUT2D eigenvalue weighted by Gasteiger charge is -2.23. The van der Waals surface area contributed by atoms with Gasteiger partial charge >= 0.3 is 11.7 Å². The lowest BCUT2D eigenvalue weighted by Crippen LogP contribution is -2.43. The van der Waals surface area contributed by atoms with E-state index < -0.39 is 34.8 Å². The molecule has 0 bridgehead atoms. The molecule has 0 unspecified atom stereocenters. The SMILES string of the molecule is CCOC(=O)[C@@H](CCOC(C)(C)C)NC(=O)c1cnc2c(c1CC)c(=O)n(C)c(=O)n2C. The molecule has 0 radical (unpaired) electrons. The van der Waals surface area contributed by atoms with Gasteiger partial charge in [0.05, 0.1) is 23.2 Å². The van der Waals surface area contributed by atoms with E-state index in [-0.39, 0.29) is 36.2 Å². The van der Waals surface area contributed by atoms with Gasteiger partial charge in [0.2, 0.25) is 0 Å². The van der Waals surface area contributed by atoms with Gasteiger partial charge in [-0.2, -0.15) is 0 Å². The van der Waals surface area contributed by atoms with Crippen LogP contribution in [0.2, 0.25) is 0 Å². The van der Waals surface area contributed by atoms with Gasteiger partial charge in [0, 0.05) is 33.3 Å². The summed E-state index contributed by atoms with van der Waals surface area (Å²) >= 11 is 0. The van der Waals surface area contributed by atoms with E-state index in [1.165, 1.54) is 24.9 Å². The third kappa shape index (κ3) is 5.42. The maximum atomic E-state index is 13.1. The van der Waals surface area contributed by atoms with Crippen LogP contribution in [0, 0.1) is 0 Å². The van der Waals surface area contributed by atoms with Crippen molar-refractivity contribution in [2.45, 2.75) is 59.1 Å². The van der Waals surface area contributed by atoms with Gasteiger partial charge in [-0.3, -0.25) is 18.7 Å². The number of rotatable bonds is 8. The molecule has 0 aromatic carbocycles. The second-order valence-electron chi connectivity index (χ2n) is 8.44. The zero-order chi connectivity index (χ0) is 24.2. The highest BCUT2D eigenvalue weighted by Gasteiger charge is 2.26. The summed E-state index contributed by atoms with van der Waals surface area (Å²) in [5, 5.41) is 2.90. The molecule has 2 aromatic heterocycles. The molecule has 10 heteroatoms. The van der Waals surface area contributed by atoms with Crippen LogP contribution in [0.1, 0.15) is 57.0 Å². The Kier molecular flexibility index (Phi) is 7.95. The highest BCUT2D eigenvalue weighted by Crippen LogP contribution is 2.18. The summed E-state index contributed by atoms with van der Waals surface area (Å²) in [6.45, 7) is 9.59. The van der Waals surface area contributed by atoms with Crippen molar-refractivity contribution in [3.63, 3.8) is 0 Å². The van der Waals surface area contributed by atoms with Gasteiger partial charge in [-0.15, -0.1) is 0 Å². The van der Waals surface area contributed by atoms with E-state index >= 15 is 0 Å². The number of hydrogen-bond donors (Lipinski definition) is 1. The Morgan fingerprint density at radius 1 is 1.16 bits per heavy atom. The summed E-state index contributed by atoms with van der Waals surface area (Å²) in [7, 11) is 2.89. The monoisotopic (exact) mass is 448 g/mol. The molecule has 1 atom stereocenters. The van der Waals surface area contributed by atoms with Crippen LogP contribution in [0.5, 0.6) is 0 Å². The Hall–Kier alpha value is -3.01. The first-order chi connectivity index (χ1) is 14.9. The van der Waals surface area contributed by atoms with Gasteiger partial charge in [0.15, 0.2) is 0 Å². The third-order valence-corrected chi connectivity index (χ3v) is 4.99. The van der Waals surface area contributed by atoms with Crippen molar-refractivity contribution in [3.05, 3.63) is 38.2 Å². The molecule has 2 aromatic rings. The van der Waals surface area contributed by atoms with E-state index in [4.69, 9.17) is 9.47 Å². The average molecular weight is 449 g/mol. The van der Waals surface area contributed by atoms with Crippen molar-refractivity contribution < 1.29 is 19.1 Å². The Labute approximate surface area is 186 Å². The molecule has 32 heavy (non-hydrogen) atoms. The molecule has 1 N–H and O–H groups in total. The number of aryl methyl sites for hydroxylation is 2. The quantitative estimate of drug-likeness (QED) is 0.599. The molecule has 1 amide bonds. The highest BCUT2D eigenvalue weighted by molar-refractivity contribution is 6.01. The molecule has 0 spiro atoms. The number of carbonyl (C=O) groups excluding carboxylic acids is 2. The van der Waals surface area contributed by atoms with Gasteiger partial charge in [0.25, 0.3) is 11.5 Å². The molecule has 176 valence electrons. The Bertz CT molecular complexity index is 1130. The average Bonchev–Trinajstić information content (AvgIpc) is 2.73. The number of pyridine rings is 1. The summed E-state index contributed by atoms with van der Waals surface area (Å²) < 4.78 is 13.0. The molecule has 0 saturated carbocycles. The van der Waals surface area contributed by atoms with Crippen molar-refractivity contribution in [2.75, 3.05) is 13.2 Å². The number of ether oxygens (including phenoxy) is 2. The number of aromatic nitrogens is 3. The Balaban J connectivity index is 2.45. The van der Waals surface area contributed by atoms with Crippen LogP contribution >= 0.6 is 0 Å². The van der Waals surface area contributed by atoms with Crippen molar-refractivity contribution >= 4 is 22.9 Å². The summed E-state index contributed by atoms with van der Waals surface area (Å²) in [5.41, 5.74) is -0.596. The smallest absolute Gasteiger partial charge is 0.332 e. The van der Waals surface area contributed by atoms with Crippen LogP contribution in [-0.2, 0) is 34.8 Å². The first-order valence-electron chi connectivity index (χ1n) is 10.6. The van der Waals surface area contributed by atoms with Crippen LogP contribution < -0.4 is 16.6 Å². The van der Waals surface area contributed by atoms with Crippen LogP contribution in [-0.4, -0.2) is 50.9 Å². The highest BCUT2D eigenvalue weighted by atomic mass is 16.5. The number of hydrogen-bond acceptors (Lipinski definition) is 7. The largest absolute Gasteiger partial charge is 0.464 e. The predicted octanol–water partition coefficient (Wildman–Crippen LogP) is 1.06. The van der Waals surface area contributed by atoms with E-state index in [9.17, 15) is 19.2 Å². The Morgan fingerprint density at radius 2 is 1.81 bits per heavy atom. The van der Waals surface area contributed by atoms with Gasteiger partial charge in [-0.1, -0.05) is 6.92 Å². The van der Waals surface area contributed by atoms with Crippen molar-refractivity contribution in [2.24, 2.45) is 14.1 Å². The number of fused-ring (bicyclic) bond motifs is 1. The van der Waals surface area contributed by atoms with Crippen LogP contribution in [0.15, 0.2) is 15.8 Å². The normalized spacial score (nSPS) is 12.6. The fraction of sp³-hybridized carbons (Fsp3) is 0.591. The minimum atomic E-state index is -0.923. The number of nitrogens with zero attached hydrogens (tertiary/aromatic N) is 3. The number of nitrogens with one attached hydrogen (secondary N) is 1. The van der Waals surface area contributed by atoms with Crippen molar-refractivity contribution in [3.8, 4) is 0 Å². The minimum absolute atomic E-state index is 0.168. The lowest BCUT2D eigenvalue weighted by atomic mass is 10.0. The van der Waals surface area contributed by atoms with E-state index in [2.05, 4.69) is 10.3 Å². The summed E-state index contributed by atoms with van der Waals surface area (Å²) in [5.74, 6) is -1.12. The molecule has 0 saturated heterocycles. The molecular formula is C22H32N4O6. The molecule has 2 heterocycles. The maximum absolute atomic E-state index is 13.1. The second-order valence-corrected chi connectivity index (χ2v) is 8.44. The van der Waals surface area contributed by atoms with Crippen molar-refractivity contribution in [1.29, 1.82) is 0 Å². The molecule has 10 nitrogen and oxygen atoms in total. The van der Waals surface area contributed by atoms with Crippen molar-refractivity contribution in [1.82, 2.24) is 19.4 Å². The molecule has 0 fully saturated rings. The van der Waals surface area contributed by atoms with Gasteiger partial charge in [-0.05, 0) is 39.7 Å². The zero-order valence-corrected chi connectivity index (χ0v) is 19.8. The summed E-state index contributed by atoms with van der Waals surface area (Å²) in [6, 6.07) is -0.923. The summed E-state index contributed by atoms with van der Waals surface area (Å²) in [4.78, 5) is 54.7. The molecule has 2 rings (SSSR count). The molecule has 0 aliphatic rings. The standard InChI is InChI=1S/C22H32N4O6/c1-8-13-14(12-23-17-16(13)19(28)26(7)21(30)25(17)6)18(27)24-15(20(29)31-9-2)10-11-32-22(3,4)5/h12,15H,8-11H2,1-7H3,(H,24,27)/t15-/m1/s1. The number of esters is 1. The first-order valence-corrected chi connectivity index (χ1v) is 10.6. The predicted molar refractivity (Wildman–Crippen MR) is 120 cm³/mol. The van der Waals surface area contributed by atoms with E-state index in [0.29, 0.717) is 12.0 Å². The lowest BCUT2D eigenvalue weighted by molar-refractivity contribution is -0.146. The molecular weight excluding hydrogens is 416 g/mol. The van der Waals surface area contributed by atoms with Crippen LogP contribution in [0.4, 0.5) is 0 Å². The second kappa shape index (κ2) is 10.1. The first kappa shape index (κ1) is 25.3. The van der Waals surface area contributed by atoms with E-state index in [1.807, 2.05) is 20.8 Å². The van der Waals surface area contributed by atoms with Crippen LogP contribution in [0.25, 0.3) is 11.0 Å². The topological polar surface area (TPSA) is 122 Å². The Morgan fingerprint density at radius 3 is 2.38 bits per heavy atom.